The highest BCUT2D eigenvalue weighted by atomic mass is 16.6. The Labute approximate surface area is 187 Å². The van der Waals surface area contributed by atoms with Crippen LogP contribution in [-0.2, 0) is 0 Å². The lowest BCUT2D eigenvalue weighted by Gasteiger charge is -2.16. The van der Waals surface area contributed by atoms with Crippen LogP contribution in [-0.4, -0.2) is 34.9 Å². The summed E-state index contributed by atoms with van der Waals surface area (Å²) in [4.78, 5) is 20.3. The van der Waals surface area contributed by atoms with E-state index in [1.165, 1.54) is 24.3 Å². The molecule has 3 aromatic rings. The average Bonchev–Trinajstić information content (AvgIpc) is 2.72. The molecule has 0 spiro atoms. The van der Waals surface area contributed by atoms with Gasteiger partial charge in [-0.2, -0.15) is 15.2 Å². The molecule has 0 fully saturated rings. The van der Waals surface area contributed by atoms with Crippen molar-refractivity contribution in [1.82, 2.24) is 9.97 Å². The van der Waals surface area contributed by atoms with E-state index in [1.807, 2.05) is 0 Å². The summed E-state index contributed by atoms with van der Waals surface area (Å²) in [6, 6.07) is 12.7. The molecule has 0 aliphatic rings. The van der Waals surface area contributed by atoms with Gasteiger partial charge in [-0.15, -0.1) is 0 Å². The minimum Gasteiger partial charge on any atom is -0.433 e. The van der Waals surface area contributed by atoms with Gasteiger partial charge in [0, 0.05) is 31.9 Å². The van der Waals surface area contributed by atoms with Crippen LogP contribution >= 0.6 is 0 Å². The van der Waals surface area contributed by atoms with E-state index in [0.717, 1.165) is 0 Å². The van der Waals surface area contributed by atoms with Crippen molar-refractivity contribution in [2.45, 2.75) is 0 Å². The van der Waals surface area contributed by atoms with Crippen molar-refractivity contribution in [1.29, 1.82) is 10.7 Å². The maximum atomic E-state index is 11.6. The molecule has 0 atom stereocenters. The van der Waals surface area contributed by atoms with Crippen LogP contribution in [0.5, 0.6) is 23.4 Å². The number of guanidine groups is 1. The fourth-order valence-electron chi connectivity index (χ4n) is 2.77. The predicted molar refractivity (Wildman–Crippen MR) is 121 cm³/mol. The number of rotatable bonds is 7. The Morgan fingerprint density at radius 2 is 1.94 bits per heavy atom. The van der Waals surface area contributed by atoms with Crippen LogP contribution in [0.1, 0.15) is 5.56 Å². The molecule has 168 valence electrons. The van der Waals surface area contributed by atoms with Crippen molar-refractivity contribution in [2.75, 3.05) is 30.0 Å². The first kappa shape index (κ1) is 22.6. The number of nitriles is 1. The number of hydrogen-bond donors (Lipinski definition) is 4. The number of nitrogens with zero attached hydrogens (tertiary/aromatic N) is 5. The third-order valence-corrected chi connectivity index (χ3v) is 4.15. The number of nitrogen functional groups attached to an aromatic ring is 1. The summed E-state index contributed by atoms with van der Waals surface area (Å²) in [7, 11) is 3.48. The van der Waals surface area contributed by atoms with E-state index in [9.17, 15) is 15.4 Å². The molecule has 6 N–H and O–H groups in total. The molecule has 13 heteroatoms. The first-order valence-electron chi connectivity index (χ1n) is 9.28. The second kappa shape index (κ2) is 9.35. The molecule has 3 rings (SSSR count). The van der Waals surface area contributed by atoms with Gasteiger partial charge in [-0.05, 0) is 24.3 Å². The van der Waals surface area contributed by atoms with Gasteiger partial charge in [-0.25, -0.2) is 0 Å². The summed E-state index contributed by atoms with van der Waals surface area (Å²) in [5, 5.41) is 30.7. The molecule has 0 unspecified atom stereocenters. The van der Waals surface area contributed by atoms with Crippen LogP contribution in [0.15, 0.2) is 42.5 Å². The van der Waals surface area contributed by atoms with Crippen molar-refractivity contribution in [2.24, 2.45) is 5.73 Å². The quantitative estimate of drug-likeness (QED) is 0.179. The number of aromatic nitrogens is 2. The standard InChI is InChI=1S/C20H19N9O4/c1-28(2)15-9-14(7-6-11(15)10-21)32-18-16(29(30)31)17(22)26-20(27-18)33-13-5-3-4-12(8-13)25-19(23)24/h3-9H,1-2H3,(H2,22,26,27)(H4,23,24,25). The third-order valence-electron chi connectivity index (χ3n) is 4.15. The molecule has 13 nitrogen and oxygen atoms in total. The molecule has 1 heterocycles. The molecule has 0 amide bonds. The Bertz CT molecular complexity index is 1270. The molecule has 0 saturated heterocycles. The Hall–Kier alpha value is -5.12. The topological polar surface area (TPSA) is 202 Å². The zero-order valence-corrected chi connectivity index (χ0v) is 17.6. The highest BCUT2D eigenvalue weighted by molar-refractivity contribution is 5.89. The van der Waals surface area contributed by atoms with E-state index in [0.29, 0.717) is 16.9 Å². The number of benzene rings is 2. The molecule has 33 heavy (non-hydrogen) atoms. The van der Waals surface area contributed by atoms with Crippen LogP contribution in [0, 0.1) is 26.9 Å². The Morgan fingerprint density at radius 3 is 2.58 bits per heavy atom. The zero-order chi connectivity index (χ0) is 24.1. The molecular formula is C20H19N9O4. The average molecular weight is 449 g/mol. The Kier molecular flexibility index (Phi) is 6.39. The number of nitro groups is 1. The van der Waals surface area contributed by atoms with E-state index in [4.69, 9.17) is 26.4 Å². The van der Waals surface area contributed by atoms with Crippen LogP contribution in [0.2, 0.25) is 0 Å². The largest absolute Gasteiger partial charge is 0.433 e. The van der Waals surface area contributed by atoms with Crippen LogP contribution in [0.25, 0.3) is 0 Å². The van der Waals surface area contributed by atoms with Crippen molar-refractivity contribution in [3.63, 3.8) is 0 Å². The van der Waals surface area contributed by atoms with Crippen molar-refractivity contribution >= 4 is 28.8 Å². The van der Waals surface area contributed by atoms with Gasteiger partial charge in [0.15, 0.2) is 5.96 Å². The second-order valence-corrected chi connectivity index (χ2v) is 6.76. The first-order chi connectivity index (χ1) is 15.7. The number of nitrogens with two attached hydrogens (primary N) is 2. The fraction of sp³-hybridized carbons (Fsp3) is 0.100. The van der Waals surface area contributed by atoms with E-state index in [2.05, 4.69) is 21.4 Å². The van der Waals surface area contributed by atoms with Gasteiger partial charge in [-0.1, -0.05) is 6.07 Å². The minimum absolute atomic E-state index is 0.192. The molecular weight excluding hydrogens is 430 g/mol. The predicted octanol–water partition coefficient (Wildman–Crippen LogP) is 2.79. The summed E-state index contributed by atoms with van der Waals surface area (Å²) >= 11 is 0. The SMILES string of the molecule is CN(C)c1cc(Oc2nc(Oc3cccc(NC(=N)N)c3)nc(N)c2[N+](=O)[O-])ccc1C#N. The highest BCUT2D eigenvalue weighted by Gasteiger charge is 2.26. The first-order valence-corrected chi connectivity index (χ1v) is 9.28. The van der Waals surface area contributed by atoms with E-state index < -0.39 is 22.3 Å². The van der Waals surface area contributed by atoms with Gasteiger partial charge in [0.1, 0.15) is 17.6 Å². The van der Waals surface area contributed by atoms with Gasteiger partial charge in [0.25, 0.3) is 0 Å². The summed E-state index contributed by atoms with van der Waals surface area (Å²) in [5.74, 6) is -0.709. The lowest BCUT2D eigenvalue weighted by Crippen LogP contribution is -2.20. The molecule has 0 saturated carbocycles. The Balaban J connectivity index is 1.99. The van der Waals surface area contributed by atoms with Crippen LogP contribution in [0.3, 0.4) is 0 Å². The molecule has 0 radical (unpaired) electrons. The van der Waals surface area contributed by atoms with Crippen molar-refractivity contribution < 1.29 is 14.4 Å². The molecule has 1 aromatic heterocycles. The highest BCUT2D eigenvalue weighted by Crippen LogP contribution is 2.37. The monoisotopic (exact) mass is 449 g/mol. The van der Waals surface area contributed by atoms with Gasteiger partial charge in [0.2, 0.25) is 5.82 Å². The minimum atomic E-state index is -0.762. The molecule has 0 aliphatic carbocycles. The summed E-state index contributed by atoms with van der Waals surface area (Å²) in [6.45, 7) is 0. The van der Waals surface area contributed by atoms with Crippen LogP contribution < -0.4 is 31.2 Å². The number of ether oxygens (including phenoxy) is 2. The summed E-state index contributed by atoms with van der Waals surface area (Å²) in [5.41, 5.74) is 11.9. The zero-order valence-electron chi connectivity index (χ0n) is 17.6. The lowest BCUT2D eigenvalue weighted by molar-refractivity contribution is -0.385. The molecule has 0 aliphatic heterocycles. The molecule has 2 aromatic carbocycles. The summed E-state index contributed by atoms with van der Waals surface area (Å²) in [6.07, 6.45) is 0. The van der Waals surface area contributed by atoms with Gasteiger partial charge in [-0.3, -0.25) is 15.5 Å². The second-order valence-electron chi connectivity index (χ2n) is 6.76. The van der Waals surface area contributed by atoms with Gasteiger partial charge < -0.3 is 31.2 Å². The van der Waals surface area contributed by atoms with Gasteiger partial charge >= 0.3 is 17.6 Å². The maximum Gasteiger partial charge on any atom is 0.373 e. The number of hydrogen-bond acceptors (Lipinski definition) is 10. The maximum absolute atomic E-state index is 11.6. The van der Waals surface area contributed by atoms with E-state index >= 15 is 0 Å². The number of nitrogens with one attached hydrogen (secondary N) is 2. The Morgan fingerprint density at radius 1 is 1.21 bits per heavy atom. The van der Waals surface area contributed by atoms with Gasteiger partial charge in [0.05, 0.1) is 16.2 Å². The smallest absolute Gasteiger partial charge is 0.373 e. The number of anilines is 3. The molecule has 0 bridgehead atoms. The fourth-order valence-corrected chi connectivity index (χ4v) is 2.77. The summed E-state index contributed by atoms with van der Waals surface area (Å²) < 4.78 is 11.2. The van der Waals surface area contributed by atoms with Crippen molar-refractivity contribution in [3.8, 4) is 29.5 Å². The lowest BCUT2D eigenvalue weighted by atomic mass is 10.2. The van der Waals surface area contributed by atoms with Crippen LogP contribution in [0.4, 0.5) is 22.9 Å². The third kappa shape index (κ3) is 5.33. The van der Waals surface area contributed by atoms with E-state index in [-0.39, 0.29) is 23.5 Å². The normalized spacial score (nSPS) is 10.1. The van der Waals surface area contributed by atoms with Crippen molar-refractivity contribution in [3.05, 3.63) is 58.1 Å². The van der Waals surface area contributed by atoms with E-state index in [1.54, 1.807) is 37.2 Å².